The number of hydrogen-bond donors (Lipinski definition) is 1. The first-order valence-electron chi connectivity index (χ1n) is 10.7. The molecule has 5 nitrogen and oxygen atoms in total. The van der Waals surface area contributed by atoms with Crippen LogP contribution in [0, 0.1) is 11.8 Å². The van der Waals surface area contributed by atoms with Crippen molar-refractivity contribution in [1.82, 2.24) is 0 Å². The van der Waals surface area contributed by atoms with Gasteiger partial charge in [0.15, 0.2) is 0 Å². The highest BCUT2D eigenvalue weighted by Crippen LogP contribution is 2.52. The van der Waals surface area contributed by atoms with Crippen LogP contribution in [-0.4, -0.2) is 29.4 Å². The van der Waals surface area contributed by atoms with Gasteiger partial charge in [-0.2, -0.15) is 0 Å². The lowest BCUT2D eigenvalue weighted by Crippen LogP contribution is -2.53. The van der Waals surface area contributed by atoms with Gasteiger partial charge in [-0.3, -0.25) is 4.79 Å². The smallest absolute Gasteiger partial charge is 0.309 e. The van der Waals surface area contributed by atoms with Crippen molar-refractivity contribution >= 4 is 17.6 Å². The zero-order valence-corrected chi connectivity index (χ0v) is 19.1. The van der Waals surface area contributed by atoms with Crippen LogP contribution in [-0.2, 0) is 9.53 Å². The Labute approximate surface area is 188 Å². The molecule has 1 fully saturated rings. The number of carboxylic acids is 1. The third-order valence-electron chi connectivity index (χ3n) is 6.47. The summed E-state index contributed by atoms with van der Waals surface area (Å²) in [5, 5.41) is 10.5. The molecule has 0 spiro atoms. The first-order valence-corrected chi connectivity index (χ1v) is 11.1. The van der Waals surface area contributed by atoms with E-state index in [9.17, 15) is 9.90 Å². The zero-order chi connectivity index (χ0) is 22.3. The summed E-state index contributed by atoms with van der Waals surface area (Å²) in [4.78, 5) is 12.1. The van der Waals surface area contributed by atoms with Crippen LogP contribution >= 0.6 is 11.6 Å². The molecule has 166 valence electrons. The van der Waals surface area contributed by atoms with Gasteiger partial charge in [-0.25, -0.2) is 0 Å². The average Bonchev–Trinajstić information content (AvgIpc) is 2.72. The number of ether oxygens (including phenoxy) is 3. The van der Waals surface area contributed by atoms with Crippen LogP contribution in [0.3, 0.4) is 0 Å². The maximum absolute atomic E-state index is 12.1. The van der Waals surface area contributed by atoms with Crippen LogP contribution in [0.1, 0.15) is 57.3 Å². The summed E-state index contributed by atoms with van der Waals surface area (Å²) in [5.41, 5.74) is 1.54. The molecule has 2 aromatic carbocycles. The maximum atomic E-state index is 12.1. The summed E-state index contributed by atoms with van der Waals surface area (Å²) in [6, 6.07) is 13.4. The summed E-state index contributed by atoms with van der Waals surface area (Å²) in [7, 11) is 0. The van der Waals surface area contributed by atoms with E-state index in [1.165, 1.54) is 5.56 Å². The number of aliphatic carboxylic acids is 1. The highest BCUT2D eigenvalue weighted by atomic mass is 35.5. The Kier molecular flexibility index (Phi) is 5.93. The Hall–Kier alpha value is -2.24. The molecule has 0 saturated carbocycles. The number of hydrogen-bond acceptors (Lipinski definition) is 4. The van der Waals surface area contributed by atoms with Crippen LogP contribution in [0.5, 0.6) is 11.5 Å². The van der Waals surface area contributed by atoms with Crippen LogP contribution in [0.2, 0.25) is 5.02 Å². The number of fused-ring (bicyclic) bond motifs is 3. The van der Waals surface area contributed by atoms with Gasteiger partial charge in [-0.05, 0) is 62.1 Å². The molecule has 0 radical (unpaired) electrons. The lowest BCUT2D eigenvalue weighted by atomic mass is 9.72. The maximum Gasteiger partial charge on any atom is 0.309 e. The number of carboxylic acid groups (broad SMARTS) is 1. The van der Waals surface area contributed by atoms with E-state index in [1.807, 2.05) is 50.2 Å². The molecule has 0 aromatic heterocycles. The lowest BCUT2D eigenvalue weighted by molar-refractivity contribution is -0.192. The minimum Gasteiger partial charge on any atom is -0.491 e. The van der Waals surface area contributed by atoms with Gasteiger partial charge < -0.3 is 19.3 Å². The molecule has 1 N–H and O–H groups in total. The van der Waals surface area contributed by atoms with Gasteiger partial charge in [-0.15, -0.1) is 0 Å². The van der Waals surface area contributed by atoms with Gasteiger partial charge in [0.25, 0.3) is 0 Å². The standard InChI is InChI=1S/C25H29ClO5/c1-14(2)15-5-8-17(9-6-15)29-13-22-19(24(27)28)12-20-23(30-22)18-11-16(26)7-10-21(18)31-25(20,3)4/h5-11,14,19-20,22-23H,12-13H2,1-4H3,(H,27,28)/t19-,20+,22+,23-/m1/s1. The predicted molar refractivity (Wildman–Crippen MR) is 119 cm³/mol. The van der Waals surface area contributed by atoms with E-state index in [-0.39, 0.29) is 18.6 Å². The monoisotopic (exact) mass is 444 g/mol. The number of benzene rings is 2. The normalized spacial score (nSPS) is 26.5. The topological polar surface area (TPSA) is 65.0 Å². The number of carbonyl (C=O) groups is 1. The fraction of sp³-hybridized carbons (Fsp3) is 0.480. The molecule has 0 unspecified atom stereocenters. The van der Waals surface area contributed by atoms with Crippen molar-refractivity contribution in [2.75, 3.05) is 6.61 Å². The molecule has 2 aliphatic heterocycles. The second kappa shape index (κ2) is 8.36. The van der Waals surface area contributed by atoms with E-state index < -0.39 is 23.6 Å². The van der Waals surface area contributed by atoms with Crippen LogP contribution in [0.15, 0.2) is 42.5 Å². The summed E-state index contributed by atoms with van der Waals surface area (Å²) >= 11 is 6.24. The van der Waals surface area contributed by atoms with Gasteiger partial charge in [0.05, 0.1) is 12.0 Å². The van der Waals surface area contributed by atoms with Crippen LogP contribution in [0.4, 0.5) is 0 Å². The van der Waals surface area contributed by atoms with Crippen LogP contribution in [0.25, 0.3) is 0 Å². The predicted octanol–water partition coefficient (Wildman–Crippen LogP) is 5.86. The van der Waals surface area contributed by atoms with E-state index in [0.29, 0.717) is 23.1 Å². The van der Waals surface area contributed by atoms with Gasteiger partial charge in [0.1, 0.15) is 29.8 Å². The molecule has 0 aliphatic carbocycles. The Bertz CT molecular complexity index is 953. The molecular weight excluding hydrogens is 416 g/mol. The molecule has 1 saturated heterocycles. The molecule has 0 bridgehead atoms. The van der Waals surface area contributed by atoms with Crippen molar-refractivity contribution in [3.05, 3.63) is 58.6 Å². The van der Waals surface area contributed by atoms with E-state index in [0.717, 1.165) is 11.3 Å². The fourth-order valence-corrected chi connectivity index (χ4v) is 4.78. The average molecular weight is 445 g/mol. The summed E-state index contributed by atoms with van der Waals surface area (Å²) in [6.45, 7) is 8.41. The molecule has 0 amide bonds. The number of halogens is 1. The molecule has 2 aromatic rings. The van der Waals surface area contributed by atoms with E-state index >= 15 is 0 Å². The third-order valence-corrected chi connectivity index (χ3v) is 6.70. The Morgan fingerprint density at radius 2 is 1.94 bits per heavy atom. The Balaban J connectivity index is 1.57. The lowest BCUT2D eigenvalue weighted by Gasteiger charge is -2.50. The molecule has 6 heteroatoms. The summed E-state index contributed by atoms with van der Waals surface area (Å²) in [5.74, 6) is 0.201. The van der Waals surface area contributed by atoms with Crippen molar-refractivity contribution in [1.29, 1.82) is 0 Å². The van der Waals surface area contributed by atoms with E-state index in [2.05, 4.69) is 13.8 Å². The quantitative estimate of drug-likeness (QED) is 0.625. The van der Waals surface area contributed by atoms with E-state index in [4.69, 9.17) is 25.8 Å². The molecule has 2 aliphatic rings. The minimum atomic E-state index is -0.880. The molecule has 2 heterocycles. The zero-order valence-electron chi connectivity index (χ0n) is 18.3. The van der Waals surface area contributed by atoms with E-state index in [1.54, 1.807) is 6.07 Å². The SMILES string of the molecule is CC(C)c1ccc(OC[C@@H]2O[C@@H]3c4cc(Cl)ccc4OC(C)(C)[C@H]3C[C@H]2C(=O)O)cc1. The second-order valence-corrected chi connectivity index (χ2v) is 9.74. The van der Waals surface area contributed by atoms with Crippen molar-refractivity contribution in [3.63, 3.8) is 0 Å². The summed E-state index contributed by atoms with van der Waals surface area (Å²) < 4.78 is 18.6. The van der Waals surface area contributed by atoms with Gasteiger partial charge in [-0.1, -0.05) is 37.6 Å². The fourth-order valence-electron chi connectivity index (χ4n) is 4.60. The first kappa shape index (κ1) is 22.0. The first-order chi connectivity index (χ1) is 14.7. The van der Waals surface area contributed by atoms with Crippen molar-refractivity contribution in [3.8, 4) is 11.5 Å². The summed E-state index contributed by atoms with van der Waals surface area (Å²) in [6.07, 6.45) is -0.437. The minimum absolute atomic E-state index is 0.110. The Morgan fingerprint density at radius 1 is 1.23 bits per heavy atom. The van der Waals surface area contributed by atoms with Gasteiger partial charge in [0.2, 0.25) is 0 Å². The van der Waals surface area contributed by atoms with Crippen molar-refractivity contribution < 1.29 is 24.1 Å². The second-order valence-electron chi connectivity index (χ2n) is 9.30. The largest absolute Gasteiger partial charge is 0.491 e. The highest BCUT2D eigenvalue weighted by molar-refractivity contribution is 6.30. The van der Waals surface area contributed by atoms with Crippen molar-refractivity contribution in [2.24, 2.45) is 11.8 Å². The van der Waals surface area contributed by atoms with Gasteiger partial charge >= 0.3 is 5.97 Å². The number of rotatable bonds is 5. The molecule has 4 atom stereocenters. The molecule has 31 heavy (non-hydrogen) atoms. The van der Waals surface area contributed by atoms with Gasteiger partial charge in [0, 0.05) is 16.5 Å². The van der Waals surface area contributed by atoms with Crippen molar-refractivity contribution in [2.45, 2.75) is 57.8 Å². The Morgan fingerprint density at radius 3 is 2.58 bits per heavy atom. The molecular formula is C25H29ClO5. The van der Waals surface area contributed by atoms with Crippen LogP contribution < -0.4 is 9.47 Å². The third kappa shape index (κ3) is 4.39. The molecule has 4 rings (SSSR count). The highest BCUT2D eigenvalue weighted by Gasteiger charge is 2.52.